The van der Waals surface area contributed by atoms with Gasteiger partial charge in [-0.2, -0.15) is 0 Å². The van der Waals surface area contributed by atoms with E-state index in [2.05, 4.69) is 5.10 Å². The number of hydrogen-bond acceptors (Lipinski definition) is 2. The summed E-state index contributed by atoms with van der Waals surface area (Å²) in [6.45, 7) is 0. The van der Waals surface area contributed by atoms with Crippen LogP contribution in [0.15, 0.2) is 42.5 Å². The number of nitrogens with zero attached hydrogens (tertiary/aromatic N) is 2. The Kier molecular flexibility index (Phi) is 1.94. The lowest BCUT2D eigenvalue weighted by atomic mass is 10.1. The van der Waals surface area contributed by atoms with E-state index in [0.29, 0.717) is 10.4 Å². The van der Waals surface area contributed by atoms with Gasteiger partial charge in [0.2, 0.25) is 0 Å². The van der Waals surface area contributed by atoms with E-state index < -0.39 is 0 Å². The highest BCUT2D eigenvalue weighted by Gasteiger charge is 2.10. The minimum absolute atomic E-state index is 0.207. The number of hydrogen-bond donors (Lipinski definition) is 0. The Morgan fingerprint density at radius 1 is 1.06 bits per heavy atom. The third kappa shape index (κ3) is 1.29. The molecule has 3 aromatic rings. The molecule has 0 aliphatic rings. The summed E-state index contributed by atoms with van der Waals surface area (Å²) >= 11 is 5.79. The van der Waals surface area contributed by atoms with Crippen molar-refractivity contribution in [3.05, 3.63) is 52.8 Å². The zero-order valence-electron chi connectivity index (χ0n) is 8.22. The lowest BCUT2D eigenvalue weighted by molar-refractivity contribution is -0.642. The molecule has 0 amide bonds. The minimum atomic E-state index is 0.207. The van der Waals surface area contributed by atoms with Crippen LogP contribution in [-0.4, -0.2) is 5.10 Å². The Labute approximate surface area is 96.5 Å². The topological polar surface area (TPSA) is 39.8 Å². The fourth-order valence-electron chi connectivity index (χ4n) is 1.89. The highest BCUT2D eigenvalue weighted by atomic mass is 35.5. The van der Waals surface area contributed by atoms with Crippen LogP contribution in [0.5, 0.6) is 0 Å². The molecule has 78 valence electrons. The highest BCUT2D eigenvalue weighted by molar-refractivity contribution is 6.30. The van der Waals surface area contributed by atoms with Gasteiger partial charge >= 0.3 is 0 Å². The molecular weight excluding hydrogens is 224 g/mol. The van der Waals surface area contributed by atoms with E-state index >= 15 is 0 Å². The number of fused-ring (bicyclic) bond motifs is 3. The Balaban J connectivity index is 2.59. The third-order valence-corrected chi connectivity index (χ3v) is 2.79. The Bertz CT molecular complexity index is 697. The standard InChI is InChI=1S/C12H7ClN2O/c13-12-7-10-9-4-2-1-3-8(9)5-6-11(10)15(16)14-12/h1-7H. The average molecular weight is 231 g/mol. The molecule has 0 fully saturated rings. The predicted octanol–water partition coefficient (Wildman–Crippen LogP) is 2.67. The Morgan fingerprint density at radius 3 is 2.75 bits per heavy atom. The lowest BCUT2D eigenvalue weighted by Crippen LogP contribution is -2.31. The molecule has 1 aromatic heterocycles. The van der Waals surface area contributed by atoms with Crippen molar-refractivity contribution in [1.82, 2.24) is 5.10 Å². The van der Waals surface area contributed by atoms with Gasteiger partial charge in [0.05, 0.1) is 5.39 Å². The Morgan fingerprint density at radius 2 is 1.88 bits per heavy atom. The summed E-state index contributed by atoms with van der Waals surface area (Å²) in [6.07, 6.45) is 0. The van der Waals surface area contributed by atoms with Gasteiger partial charge in [0.15, 0.2) is 5.15 Å². The average Bonchev–Trinajstić information content (AvgIpc) is 2.28. The van der Waals surface area contributed by atoms with Crippen molar-refractivity contribution in [1.29, 1.82) is 0 Å². The fraction of sp³-hybridized carbons (Fsp3) is 0. The monoisotopic (exact) mass is 230 g/mol. The Hall–Kier alpha value is -1.87. The highest BCUT2D eigenvalue weighted by Crippen LogP contribution is 2.24. The van der Waals surface area contributed by atoms with Crippen LogP contribution in [-0.2, 0) is 0 Å². The van der Waals surface area contributed by atoms with Gasteiger partial charge < -0.3 is 5.21 Å². The molecule has 0 aliphatic carbocycles. The molecule has 4 heteroatoms. The van der Waals surface area contributed by atoms with Gasteiger partial charge in [-0.05, 0) is 27.8 Å². The van der Waals surface area contributed by atoms with Crippen molar-refractivity contribution in [3.63, 3.8) is 0 Å². The van der Waals surface area contributed by atoms with Gasteiger partial charge in [-0.3, -0.25) is 0 Å². The predicted molar refractivity (Wildman–Crippen MR) is 63.2 cm³/mol. The van der Waals surface area contributed by atoms with Crippen LogP contribution in [0.4, 0.5) is 0 Å². The van der Waals surface area contributed by atoms with Crippen molar-refractivity contribution >= 4 is 33.3 Å². The maximum Gasteiger partial charge on any atom is 0.252 e. The first-order valence-electron chi connectivity index (χ1n) is 4.83. The van der Waals surface area contributed by atoms with Crippen LogP contribution in [0, 0.1) is 5.21 Å². The van der Waals surface area contributed by atoms with Gasteiger partial charge in [0.1, 0.15) is 0 Å². The summed E-state index contributed by atoms with van der Waals surface area (Å²) in [5.41, 5.74) is 0.531. The summed E-state index contributed by atoms with van der Waals surface area (Å²) in [5.74, 6) is 0. The van der Waals surface area contributed by atoms with Crippen LogP contribution < -0.4 is 4.85 Å². The van der Waals surface area contributed by atoms with E-state index in [1.807, 2.05) is 30.3 Å². The normalized spacial score (nSPS) is 11.1. The number of rotatable bonds is 0. The second-order valence-corrected chi connectivity index (χ2v) is 3.95. The lowest BCUT2D eigenvalue weighted by Gasteiger charge is -2.03. The van der Waals surface area contributed by atoms with Gasteiger partial charge in [0, 0.05) is 11.2 Å². The number of halogens is 1. The molecule has 0 unspecified atom stereocenters. The van der Waals surface area contributed by atoms with Crippen molar-refractivity contribution in [2.45, 2.75) is 0 Å². The second-order valence-electron chi connectivity index (χ2n) is 3.56. The zero-order chi connectivity index (χ0) is 11.1. The molecule has 16 heavy (non-hydrogen) atoms. The van der Waals surface area contributed by atoms with Gasteiger partial charge in [0.25, 0.3) is 5.52 Å². The van der Waals surface area contributed by atoms with Crippen LogP contribution >= 0.6 is 11.6 Å². The number of aromatic nitrogens is 2. The van der Waals surface area contributed by atoms with Crippen LogP contribution in [0.25, 0.3) is 21.7 Å². The van der Waals surface area contributed by atoms with Crippen LogP contribution in [0.2, 0.25) is 5.15 Å². The first-order valence-corrected chi connectivity index (χ1v) is 5.21. The molecular formula is C12H7ClN2O. The van der Waals surface area contributed by atoms with E-state index in [4.69, 9.17) is 11.6 Å². The minimum Gasteiger partial charge on any atom is -0.594 e. The van der Waals surface area contributed by atoms with E-state index in [9.17, 15) is 5.21 Å². The molecule has 0 spiro atoms. The summed E-state index contributed by atoms with van der Waals surface area (Å²) in [5, 5.41) is 18.3. The van der Waals surface area contributed by atoms with E-state index in [0.717, 1.165) is 16.2 Å². The van der Waals surface area contributed by atoms with Crippen molar-refractivity contribution < 1.29 is 4.85 Å². The van der Waals surface area contributed by atoms with E-state index in [-0.39, 0.29) is 5.15 Å². The molecule has 0 saturated carbocycles. The molecule has 0 atom stereocenters. The summed E-state index contributed by atoms with van der Waals surface area (Å²) in [7, 11) is 0. The SMILES string of the molecule is [O-][n+]1nc(Cl)cc2c3ccccc3ccc21. The van der Waals surface area contributed by atoms with Crippen molar-refractivity contribution in [3.8, 4) is 0 Å². The maximum absolute atomic E-state index is 11.6. The molecule has 2 aromatic carbocycles. The molecule has 3 nitrogen and oxygen atoms in total. The molecule has 0 bridgehead atoms. The summed E-state index contributed by atoms with van der Waals surface area (Å²) in [4.78, 5) is 0.560. The molecule has 3 rings (SSSR count). The zero-order valence-corrected chi connectivity index (χ0v) is 8.98. The van der Waals surface area contributed by atoms with Gasteiger partial charge in [-0.25, -0.2) is 0 Å². The first-order chi connectivity index (χ1) is 7.75. The molecule has 0 saturated heterocycles. The number of benzene rings is 2. The van der Waals surface area contributed by atoms with Crippen molar-refractivity contribution in [2.24, 2.45) is 0 Å². The van der Waals surface area contributed by atoms with Crippen LogP contribution in [0.3, 0.4) is 0 Å². The van der Waals surface area contributed by atoms with Crippen molar-refractivity contribution in [2.75, 3.05) is 0 Å². The smallest absolute Gasteiger partial charge is 0.252 e. The van der Waals surface area contributed by atoms with E-state index in [1.54, 1.807) is 12.1 Å². The summed E-state index contributed by atoms with van der Waals surface area (Å²) in [6, 6.07) is 13.2. The quantitative estimate of drug-likeness (QED) is 0.338. The molecule has 1 heterocycles. The van der Waals surface area contributed by atoms with Crippen LogP contribution in [0.1, 0.15) is 0 Å². The molecule has 0 aliphatic heterocycles. The second kappa shape index (κ2) is 3.32. The summed E-state index contributed by atoms with van der Waals surface area (Å²) < 4.78 is 0. The largest absolute Gasteiger partial charge is 0.594 e. The van der Waals surface area contributed by atoms with Gasteiger partial charge in [-0.15, -0.1) is 0 Å². The maximum atomic E-state index is 11.6. The van der Waals surface area contributed by atoms with Gasteiger partial charge in [-0.1, -0.05) is 35.9 Å². The first kappa shape index (κ1) is 9.36. The molecule has 0 radical (unpaired) electrons. The third-order valence-electron chi connectivity index (χ3n) is 2.60. The fourth-order valence-corrected chi connectivity index (χ4v) is 2.07. The molecule has 0 N–H and O–H groups in total. The van der Waals surface area contributed by atoms with E-state index in [1.165, 1.54) is 0 Å².